The summed E-state index contributed by atoms with van der Waals surface area (Å²) in [5, 5.41) is 0.333. The molecule has 3 heteroatoms. The summed E-state index contributed by atoms with van der Waals surface area (Å²) < 4.78 is 5.08. The number of thiol groups is 1. The van der Waals surface area contributed by atoms with Gasteiger partial charge in [0.2, 0.25) is 0 Å². The Morgan fingerprint density at radius 1 is 1.42 bits per heavy atom. The van der Waals surface area contributed by atoms with Crippen LogP contribution >= 0.6 is 22.5 Å². The van der Waals surface area contributed by atoms with E-state index in [-0.39, 0.29) is 0 Å². The van der Waals surface area contributed by atoms with Gasteiger partial charge in [0.25, 0.3) is 0 Å². The van der Waals surface area contributed by atoms with Crippen molar-refractivity contribution in [3.8, 4) is 0 Å². The van der Waals surface area contributed by atoms with E-state index >= 15 is 0 Å². The first kappa shape index (κ1) is 9.96. The minimum Gasteiger partial charge on any atom is -0.383 e. The molecule has 0 aliphatic carbocycles. The lowest BCUT2D eigenvalue weighted by atomic mass is 10.2. The lowest BCUT2D eigenvalue weighted by molar-refractivity contribution is 0.200. The van der Waals surface area contributed by atoms with Crippen LogP contribution in [-0.4, -0.2) is 13.7 Å². The quantitative estimate of drug-likeness (QED) is 0.591. The summed E-state index contributed by atoms with van der Waals surface area (Å²) in [7, 11) is 3.23. The van der Waals surface area contributed by atoms with Gasteiger partial charge in [0.05, 0.1) is 11.9 Å². The second-order valence-corrected chi connectivity index (χ2v) is 3.87. The number of ether oxygens (including phenoxy) is 1. The highest BCUT2D eigenvalue weighted by Crippen LogP contribution is 2.31. The maximum Gasteiger partial charge on any atom is 0.0632 e. The molecule has 12 heavy (non-hydrogen) atoms. The molecule has 0 aromatic heterocycles. The van der Waals surface area contributed by atoms with E-state index in [9.17, 15) is 0 Å². The van der Waals surface area contributed by atoms with Crippen LogP contribution in [0.15, 0.2) is 30.3 Å². The molecule has 0 saturated heterocycles. The van der Waals surface area contributed by atoms with Gasteiger partial charge in [-0.3, -0.25) is 0 Å². The Kier molecular flexibility index (Phi) is 4.58. The number of rotatable bonds is 4. The van der Waals surface area contributed by atoms with Crippen LogP contribution in [0, 0.1) is 0 Å². The molecule has 0 amide bonds. The van der Waals surface area contributed by atoms with Crippen molar-refractivity contribution in [2.45, 2.75) is 5.25 Å². The third-order valence-corrected chi connectivity index (χ3v) is 3.04. The smallest absolute Gasteiger partial charge is 0.0632 e. The highest BCUT2D eigenvalue weighted by Gasteiger charge is 2.08. The number of methoxy groups -OCH3 is 1. The first-order valence-electron chi connectivity index (χ1n) is 3.72. The summed E-state index contributed by atoms with van der Waals surface area (Å²) in [5.74, 6) is 0. The topological polar surface area (TPSA) is 9.23 Å². The van der Waals surface area contributed by atoms with E-state index in [4.69, 9.17) is 4.74 Å². The Balaban J connectivity index is 2.66. The molecule has 0 fully saturated rings. The summed E-state index contributed by atoms with van der Waals surface area (Å²) in [6.45, 7) is 0.707. The zero-order valence-electron chi connectivity index (χ0n) is 6.93. The van der Waals surface area contributed by atoms with Gasteiger partial charge in [0.15, 0.2) is 0 Å². The minimum atomic E-state index is 0.333. The van der Waals surface area contributed by atoms with E-state index in [0.29, 0.717) is 11.9 Å². The molecule has 0 aliphatic rings. The van der Waals surface area contributed by atoms with Gasteiger partial charge in [-0.25, -0.2) is 0 Å². The number of hydrogen-bond donors (Lipinski definition) is 1. The number of benzene rings is 1. The van der Waals surface area contributed by atoms with Gasteiger partial charge in [0.1, 0.15) is 0 Å². The highest BCUT2D eigenvalue weighted by atomic mass is 33.1. The van der Waals surface area contributed by atoms with Crippen molar-refractivity contribution < 1.29 is 4.74 Å². The van der Waals surface area contributed by atoms with Crippen molar-refractivity contribution in [2.75, 3.05) is 13.7 Å². The fourth-order valence-corrected chi connectivity index (χ4v) is 2.03. The highest BCUT2D eigenvalue weighted by molar-refractivity contribution is 8.68. The standard InChI is InChI=1S/C9H12OS2/c1-10-7-9(12-11)8-5-3-2-4-6-8/h2-6,9,11H,7H2,1H3/t9-/m0/s1. The van der Waals surface area contributed by atoms with E-state index in [1.54, 1.807) is 7.11 Å². The van der Waals surface area contributed by atoms with Gasteiger partial charge in [0, 0.05) is 7.11 Å². The van der Waals surface area contributed by atoms with E-state index in [1.165, 1.54) is 16.4 Å². The average Bonchev–Trinajstić information content (AvgIpc) is 2.15. The molecular formula is C9H12OS2. The fraction of sp³-hybridized carbons (Fsp3) is 0.333. The largest absolute Gasteiger partial charge is 0.383 e. The summed E-state index contributed by atoms with van der Waals surface area (Å²) in [4.78, 5) is 0. The van der Waals surface area contributed by atoms with Crippen LogP contribution in [0.2, 0.25) is 0 Å². The van der Waals surface area contributed by atoms with Crippen molar-refractivity contribution in [2.24, 2.45) is 0 Å². The zero-order valence-corrected chi connectivity index (χ0v) is 8.65. The Bertz CT molecular complexity index is 213. The van der Waals surface area contributed by atoms with Crippen LogP contribution in [0.3, 0.4) is 0 Å². The molecule has 0 N–H and O–H groups in total. The van der Waals surface area contributed by atoms with Gasteiger partial charge < -0.3 is 4.74 Å². The molecule has 0 heterocycles. The van der Waals surface area contributed by atoms with Crippen molar-refractivity contribution in [3.63, 3.8) is 0 Å². The fourth-order valence-electron chi connectivity index (χ4n) is 1.01. The van der Waals surface area contributed by atoms with E-state index in [1.807, 2.05) is 18.2 Å². The van der Waals surface area contributed by atoms with Crippen molar-refractivity contribution >= 4 is 22.5 Å². The first-order valence-corrected chi connectivity index (χ1v) is 5.65. The molecule has 0 unspecified atom stereocenters. The van der Waals surface area contributed by atoms with Crippen molar-refractivity contribution in [1.82, 2.24) is 0 Å². The van der Waals surface area contributed by atoms with Crippen LogP contribution in [0.1, 0.15) is 10.8 Å². The summed E-state index contributed by atoms with van der Waals surface area (Å²) >= 11 is 4.20. The Morgan fingerprint density at radius 3 is 2.58 bits per heavy atom. The van der Waals surface area contributed by atoms with Crippen LogP contribution in [-0.2, 0) is 4.74 Å². The van der Waals surface area contributed by atoms with Gasteiger partial charge in [-0.2, -0.15) is 0 Å². The van der Waals surface area contributed by atoms with Gasteiger partial charge in [-0.1, -0.05) is 41.1 Å². The second kappa shape index (κ2) is 5.51. The average molecular weight is 200 g/mol. The molecule has 1 rings (SSSR count). The van der Waals surface area contributed by atoms with Crippen molar-refractivity contribution in [3.05, 3.63) is 35.9 Å². The number of hydrogen-bond acceptors (Lipinski definition) is 3. The SMILES string of the molecule is COC[C@H](SS)c1ccccc1. The van der Waals surface area contributed by atoms with Gasteiger partial charge >= 0.3 is 0 Å². The predicted octanol–water partition coefficient (Wildman–Crippen LogP) is 2.95. The Morgan fingerprint density at radius 2 is 2.08 bits per heavy atom. The molecule has 1 aromatic carbocycles. The Labute approximate surface area is 82.3 Å². The van der Waals surface area contributed by atoms with Crippen LogP contribution in [0.25, 0.3) is 0 Å². The third-order valence-electron chi connectivity index (χ3n) is 1.62. The predicted molar refractivity (Wildman–Crippen MR) is 57.6 cm³/mol. The van der Waals surface area contributed by atoms with Crippen LogP contribution in [0.5, 0.6) is 0 Å². The van der Waals surface area contributed by atoms with Crippen LogP contribution in [0.4, 0.5) is 0 Å². The Hall–Kier alpha value is -0.120. The van der Waals surface area contributed by atoms with Crippen molar-refractivity contribution in [1.29, 1.82) is 0 Å². The molecule has 66 valence electrons. The normalized spacial score (nSPS) is 12.8. The molecule has 0 radical (unpaired) electrons. The third kappa shape index (κ3) is 2.73. The minimum absolute atomic E-state index is 0.333. The molecule has 1 atom stereocenters. The second-order valence-electron chi connectivity index (χ2n) is 2.46. The summed E-state index contributed by atoms with van der Waals surface area (Å²) in [6.07, 6.45) is 0. The lowest BCUT2D eigenvalue weighted by Crippen LogP contribution is -2.00. The zero-order chi connectivity index (χ0) is 8.81. The van der Waals surface area contributed by atoms with Crippen LogP contribution < -0.4 is 0 Å². The molecule has 0 saturated carbocycles. The van der Waals surface area contributed by atoms with E-state index in [2.05, 4.69) is 23.8 Å². The molecule has 0 bridgehead atoms. The monoisotopic (exact) mass is 200 g/mol. The molecule has 1 aromatic rings. The van der Waals surface area contributed by atoms with E-state index in [0.717, 1.165) is 0 Å². The maximum atomic E-state index is 5.08. The molecule has 0 aliphatic heterocycles. The van der Waals surface area contributed by atoms with Gasteiger partial charge in [-0.15, -0.1) is 11.7 Å². The first-order chi connectivity index (χ1) is 5.88. The van der Waals surface area contributed by atoms with Gasteiger partial charge in [-0.05, 0) is 5.56 Å². The molecule has 1 nitrogen and oxygen atoms in total. The van der Waals surface area contributed by atoms with E-state index < -0.39 is 0 Å². The maximum absolute atomic E-state index is 5.08. The molecular weight excluding hydrogens is 188 g/mol. The lowest BCUT2D eigenvalue weighted by Gasteiger charge is -2.11. The summed E-state index contributed by atoms with van der Waals surface area (Å²) in [5.41, 5.74) is 1.26. The molecule has 0 spiro atoms. The summed E-state index contributed by atoms with van der Waals surface area (Å²) in [6, 6.07) is 10.3.